The van der Waals surface area contributed by atoms with Gasteiger partial charge in [-0.3, -0.25) is 14.4 Å². The number of amides is 3. The molecule has 3 fully saturated rings. The number of nitrogens with zero attached hydrogens (tertiary/aromatic N) is 3. The van der Waals surface area contributed by atoms with Crippen LogP contribution in [0.4, 0.5) is 5.69 Å². The largest absolute Gasteiger partial charge is 0.394 e. The Labute approximate surface area is 256 Å². The number of aliphatic hydroxyl groups excluding tert-OH is 1. The van der Waals surface area contributed by atoms with Gasteiger partial charge in [-0.25, -0.2) is 0 Å². The minimum Gasteiger partial charge on any atom is -0.394 e. The maximum absolute atomic E-state index is 14.8. The summed E-state index contributed by atoms with van der Waals surface area (Å²) in [6.07, 6.45) is 7.23. The van der Waals surface area contributed by atoms with Crippen molar-refractivity contribution in [2.45, 2.75) is 94.3 Å². The van der Waals surface area contributed by atoms with Crippen LogP contribution in [0.15, 0.2) is 55.6 Å². The molecular weight excluding hydrogens is 546 g/mol. The normalized spacial score (nSPS) is 29.4. The van der Waals surface area contributed by atoms with Crippen LogP contribution in [0.1, 0.15) is 66.7 Å². The number of benzene rings is 1. The SMILES string of the molecule is C=CCN(C(=O)[C@@H]1[C@H]2C(=O)N([C@@H](CO)CC(C)C)C(C(=O)N(CC=C)C(C)CCC)C23CC[C@@]1(C)S3)c1ccccc1. The molecule has 0 saturated carbocycles. The Morgan fingerprint density at radius 3 is 2.36 bits per heavy atom. The van der Waals surface area contributed by atoms with Crippen LogP contribution in [0.2, 0.25) is 0 Å². The van der Waals surface area contributed by atoms with Gasteiger partial charge < -0.3 is 19.8 Å². The third kappa shape index (κ3) is 5.45. The van der Waals surface area contributed by atoms with Crippen molar-refractivity contribution in [3.05, 3.63) is 55.6 Å². The van der Waals surface area contributed by atoms with Gasteiger partial charge in [0.15, 0.2) is 0 Å². The second-order valence-corrected chi connectivity index (χ2v) is 14.8. The fourth-order valence-electron chi connectivity index (χ4n) is 7.82. The third-order valence-corrected chi connectivity index (χ3v) is 11.5. The Hall–Kier alpha value is -2.58. The van der Waals surface area contributed by atoms with Crippen LogP contribution in [-0.4, -0.2) is 79.9 Å². The number of carbonyl (C=O) groups is 3. The van der Waals surface area contributed by atoms with E-state index in [1.807, 2.05) is 35.2 Å². The molecule has 1 N–H and O–H groups in total. The third-order valence-electron chi connectivity index (χ3n) is 9.56. The summed E-state index contributed by atoms with van der Waals surface area (Å²) in [6, 6.07) is 8.25. The summed E-state index contributed by atoms with van der Waals surface area (Å²) in [6.45, 7) is 18.7. The van der Waals surface area contributed by atoms with Crippen LogP contribution < -0.4 is 4.90 Å². The van der Waals surface area contributed by atoms with E-state index in [0.717, 1.165) is 24.9 Å². The van der Waals surface area contributed by atoms with E-state index in [1.54, 1.807) is 33.7 Å². The molecule has 1 spiro atoms. The first-order chi connectivity index (χ1) is 20.0. The minimum atomic E-state index is -0.751. The lowest BCUT2D eigenvalue weighted by molar-refractivity contribution is -0.147. The summed E-state index contributed by atoms with van der Waals surface area (Å²) in [4.78, 5) is 49.4. The molecule has 4 rings (SSSR count). The Morgan fingerprint density at radius 2 is 1.79 bits per heavy atom. The summed E-state index contributed by atoms with van der Waals surface area (Å²) in [5.74, 6) is -1.39. The predicted octanol–water partition coefficient (Wildman–Crippen LogP) is 5.30. The summed E-state index contributed by atoms with van der Waals surface area (Å²) in [5, 5.41) is 10.6. The molecule has 2 bridgehead atoms. The van der Waals surface area contributed by atoms with Crippen molar-refractivity contribution in [2.24, 2.45) is 17.8 Å². The van der Waals surface area contributed by atoms with Crippen LogP contribution in [-0.2, 0) is 14.4 Å². The van der Waals surface area contributed by atoms with E-state index in [9.17, 15) is 19.5 Å². The molecule has 3 amide bonds. The van der Waals surface area contributed by atoms with Gasteiger partial charge in [0.05, 0.1) is 29.2 Å². The van der Waals surface area contributed by atoms with Crippen molar-refractivity contribution in [1.29, 1.82) is 0 Å². The molecule has 3 heterocycles. The van der Waals surface area contributed by atoms with E-state index in [4.69, 9.17) is 0 Å². The van der Waals surface area contributed by atoms with Crippen molar-refractivity contribution in [3.8, 4) is 0 Å². The molecule has 0 aliphatic carbocycles. The van der Waals surface area contributed by atoms with Crippen LogP contribution in [0.5, 0.6) is 0 Å². The molecule has 7 atom stereocenters. The first-order valence-electron chi connectivity index (χ1n) is 15.5. The maximum Gasteiger partial charge on any atom is 0.247 e. The molecule has 8 heteroatoms. The molecule has 3 aliphatic heterocycles. The number of likely N-dealkylation sites (tertiary alicyclic amines) is 1. The average molecular weight is 596 g/mol. The number of aliphatic hydroxyl groups is 1. The lowest BCUT2D eigenvalue weighted by Gasteiger charge is -2.41. The van der Waals surface area contributed by atoms with E-state index in [-0.39, 0.29) is 36.3 Å². The number of thioether (sulfide) groups is 1. The predicted molar refractivity (Wildman–Crippen MR) is 171 cm³/mol. The summed E-state index contributed by atoms with van der Waals surface area (Å²) in [7, 11) is 0. The van der Waals surface area contributed by atoms with Gasteiger partial charge >= 0.3 is 0 Å². The summed E-state index contributed by atoms with van der Waals surface area (Å²) < 4.78 is -1.23. The van der Waals surface area contributed by atoms with Crippen molar-refractivity contribution < 1.29 is 19.5 Å². The smallest absolute Gasteiger partial charge is 0.247 e. The quantitative estimate of drug-likeness (QED) is 0.296. The lowest BCUT2D eigenvalue weighted by atomic mass is 9.66. The second-order valence-electron chi connectivity index (χ2n) is 12.9. The molecule has 1 aromatic rings. The zero-order chi connectivity index (χ0) is 30.8. The second kappa shape index (κ2) is 13.0. The summed E-state index contributed by atoms with van der Waals surface area (Å²) >= 11 is 1.68. The Bertz CT molecular complexity index is 1170. The van der Waals surface area contributed by atoms with E-state index in [1.165, 1.54) is 0 Å². The molecule has 230 valence electrons. The zero-order valence-corrected chi connectivity index (χ0v) is 26.8. The average Bonchev–Trinajstić information content (AvgIpc) is 3.53. The number of hydrogen-bond donors (Lipinski definition) is 1. The van der Waals surface area contributed by atoms with Gasteiger partial charge in [-0.2, -0.15) is 0 Å². The van der Waals surface area contributed by atoms with E-state index >= 15 is 0 Å². The first kappa shape index (κ1) is 32.3. The number of hydrogen-bond acceptors (Lipinski definition) is 5. The number of rotatable bonds is 14. The molecular formula is C34H49N3O4S. The van der Waals surface area contributed by atoms with Crippen molar-refractivity contribution >= 4 is 35.2 Å². The van der Waals surface area contributed by atoms with E-state index in [2.05, 4.69) is 47.8 Å². The molecule has 3 saturated heterocycles. The van der Waals surface area contributed by atoms with E-state index in [0.29, 0.717) is 25.9 Å². The van der Waals surface area contributed by atoms with Gasteiger partial charge in [-0.05, 0) is 57.6 Å². The topological polar surface area (TPSA) is 81.2 Å². The monoisotopic (exact) mass is 595 g/mol. The maximum atomic E-state index is 14.8. The highest BCUT2D eigenvalue weighted by Crippen LogP contribution is 2.72. The number of carbonyl (C=O) groups excluding carboxylic acids is 3. The van der Waals surface area contributed by atoms with Crippen molar-refractivity contribution in [3.63, 3.8) is 0 Å². The Balaban J connectivity index is 1.85. The molecule has 1 aromatic carbocycles. The highest BCUT2D eigenvalue weighted by molar-refractivity contribution is 8.02. The van der Waals surface area contributed by atoms with Gasteiger partial charge in [-0.1, -0.05) is 57.5 Å². The van der Waals surface area contributed by atoms with Gasteiger partial charge in [0.25, 0.3) is 0 Å². The zero-order valence-electron chi connectivity index (χ0n) is 26.0. The standard InChI is InChI=1S/C34H49N3O4S/c1-8-14-24(6)35(19-9-2)32(41)29-34-18-17-33(7,42-34)27(28(34)31(40)37(29)26(22-38)21-23(4)5)30(39)36(20-10-3)25-15-12-11-13-16-25/h9-13,15-16,23-24,26-29,38H,2-3,8,14,17-22H2,1,4-7H3/t24?,26-,27+,28+,29?,33-,34?/m1/s1. The summed E-state index contributed by atoms with van der Waals surface area (Å²) in [5.41, 5.74) is 0.765. The highest BCUT2D eigenvalue weighted by atomic mass is 32.2. The van der Waals surface area contributed by atoms with Gasteiger partial charge in [0.1, 0.15) is 6.04 Å². The number of anilines is 1. The first-order valence-corrected chi connectivity index (χ1v) is 16.3. The fourth-order valence-corrected chi connectivity index (χ4v) is 10.1. The molecule has 0 aromatic heterocycles. The van der Waals surface area contributed by atoms with Crippen LogP contribution in [0, 0.1) is 17.8 Å². The van der Waals surface area contributed by atoms with E-state index < -0.39 is 33.4 Å². The Morgan fingerprint density at radius 1 is 1.12 bits per heavy atom. The molecule has 42 heavy (non-hydrogen) atoms. The number of para-hydroxylation sites is 1. The van der Waals surface area contributed by atoms with Crippen LogP contribution in [0.3, 0.4) is 0 Å². The van der Waals surface area contributed by atoms with Crippen molar-refractivity contribution in [2.75, 3.05) is 24.6 Å². The molecule has 3 aliphatic rings. The van der Waals surface area contributed by atoms with Gasteiger partial charge in [0.2, 0.25) is 17.7 Å². The Kier molecular flexibility index (Phi) is 9.98. The molecule has 0 radical (unpaired) electrons. The van der Waals surface area contributed by atoms with Crippen molar-refractivity contribution in [1.82, 2.24) is 9.80 Å². The van der Waals surface area contributed by atoms with Crippen LogP contribution in [0.25, 0.3) is 0 Å². The highest BCUT2D eigenvalue weighted by Gasteiger charge is 2.78. The lowest BCUT2D eigenvalue weighted by Crippen LogP contribution is -2.59. The van der Waals surface area contributed by atoms with Crippen LogP contribution >= 0.6 is 11.8 Å². The number of fused-ring (bicyclic) bond motifs is 1. The van der Waals surface area contributed by atoms with Gasteiger partial charge in [0, 0.05) is 29.6 Å². The van der Waals surface area contributed by atoms with Gasteiger partial charge in [-0.15, -0.1) is 24.9 Å². The minimum absolute atomic E-state index is 0.0247. The molecule has 3 unspecified atom stereocenters. The fraction of sp³-hybridized carbons (Fsp3) is 0.618. The molecule has 7 nitrogen and oxygen atoms in total.